The highest BCUT2D eigenvalue weighted by molar-refractivity contribution is 5.83. The first kappa shape index (κ1) is 31.2. The minimum Gasteiger partial charge on any atom is -0.444 e. The van der Waals surface area contributed by atoms with Crippen molar-refractivity contribution in [1.29, 1.82) is 0 Å². The number of aliphatic hydroxyl groups is 2. The highest BCUT2D eigenvalue weighted by Gasteiger charge is 2.44. The van der Waals surface area contributed by atoms with E-state index < -0.39 is 35.9 Å². The van der Waals surface area contributed by atoms with Gasteiger partial charge in [0.1, 0.15) is 6.10 Å². The number of carbonyl (C=O) groups excluding carboxylic acids is 2. The lowest BCUT2D eigenvalue weighted by atomic mass is 9.80. The highest BCUT2D eigenvalue weighted by Crippen LogP contribution is 2.33. The van der Waals surface area contributed by atoms with E-state index in [0.717, 1.165) is 22.3 Å². The first-order valence-corrected chi connectivity index (χ1v) is 16.0. The third-order valence-corrected chi connectivity index (χ3v) is 9.57. The molecule has 3 aromatic rings. The molecule has 0 aromatic heterocycles. The number of ether oxygens (including phenoxy) is 2. The molecule has 0 bridgehead atoms. The molecule has 2 amide bonds. The van der Waals surface area contributed by atoms with Crippen LogP contribution < -0.4 is 10.6 Å². The first-order valence-electron chi connectivity index (χ1n) is 16.0. The lowest BCUT2D eigenvalue weighted by molar-refractivity contribution is -0.130. The smallest absolute Gasteiger partial charge is 0.407 e. The number of carbonyl (C=O) groups is 2. The van der Waals surface area contributed by atoms with E-state index in [9.17, 15) is 19.8 Å². The number of fused-ring (bicyclic) bond motifs is 1. The molecule has 3 aliphatic rings. The molecule has 2 fully saturated rings. The topological polar surface area (TPSA) is 120 Å². The van der Waals surface area contributed by atoms with Crippen molar-refractivity contribution in [3.05, 3.63) is 107 Å². The van der Waals surface area contributed by atoms with Crippen molar-refractivity contribution in [2.75, 3.05) is 26.3 Å². The van der Waals surface area contributed by atoms with E-state index in [1.807, 2.05) is 84.9 Å². The fourth-order valence-corrected chi connectivity index (χ4v) is 6.95. The molecule has 9 nitrogen and oxygen atoms in total. The molecule has 1 aliphatic carbocycles. The summed E-state index contributed by atoms with van der Waals surface area (Å²) in [7, 11) is 0. The van der Waals surface area contributed by atoms with Crippen LogP contribution in [-0.4, -0.2) is 83.3 Å². The summed E-state index contributed by atoms with van der Waals surface area (Å²) in [4.78, 5) is 29.1. The van der Waals surface area contributed by atoms with E-state index in [1.54, 1.807) is 0 Å². The van der Waals surface area contributed by atoms with Gasteiger partial charge in [0, 0.05) is 25.9 Å². The Kier molecular flexibility index (Phi) is 9.80. The van der Waals surface area contributed by atoms with Gasteiger partial charge in [-0.2, -0.15) is 0 Å². The number of amides is 2. The van der Waals surface area contributed by atoms with E-state index in [4.69, 9.17) is 9.47 Å². The maximum Gasteiger partial charge on any atom is 0.407 e. The van der Waals surface area contributed by atoms with Crippen molar-refractivity contribution in [3.63, 3.8) is 0 Å². The van der Waals surface area contributed by atoms with Gasteiger partial charge in [-0.15, -0.1) is 0 Å². The number of benzene rings is 3. The zero-order valence-electron chi connectivity index (χ0n) is 25.5. The number of nitrogens with one attached hydrogen (secondary N) is 2. The SMILES string of the molecule is O=C(N[C@@H](Cc1ccccc1)C1(O)CCN([C@@H](Cc2ccccc2)C(=O)N[C@H]2c3ccccc3C[C@H]2O)CC1)O[C@H]1CCOC1. The van der Waals surface area contributed by atoms with Gasteiger partial charge in [0.05, 0.1) is 43.0 Å². The van der Waals surface area contributed by atoms with Gasteiger partial charge in [-0.3, -0.25) is 9.69 Å². The molecule has 3 aromatic carbocycles. The molecular formula is C36H43N3O6. The molecule has 0 unspecified atom stereocenters. The van der Waals surface area contributed by atoms with Crippen molar-refractivity contribution in [1.82, 2.24) is 15.5 Å². The number of hydrogen-bond acceptors (Lipinski definition) is 7. The molecule has 45 heavy (non-hydrogen) atoms. The Morgan fingerprint density at radius 2 is 1.58 bits per heavy atom. The van der Waals surface area contributed by atoms with E-state index in [0.29, 0.717) is 64.8 Å². The Morgan fingerprint density at radius 1 is 0.933 bits per heavy atom. The second-order valence-corrected chi connectivity index (χ2v) is 12.6. The normalized spacial score (nSPS) is 23.9. The summed E-state index contributed by atoms with van der Waals surface area (Å²) in [6.45, 7) is 1.87. The summed E-state index contributed by atoms with van der Waals surface area (Å²) in [5, 5.41) is 29.0. The summed E-state index contributed by atoms with van der Waals surface area (Å²) in [5.74, 6) is -0.147. The summed E-state index contributed by atoms with van der Waals surface area (Å²) in [5.41, 5.74) is 2.84. The molecule has 9 heteroatoms. The van der Waals surface area contributed by atoms with Gasteiger partial charge >= 0.3 is 6.09 Å². The number of nitrogens with zero attached hydrogens (tertiary/aromatic N) is 1. The van der Waals surface area contributed by atoms with Gasteiger partial charge in [-0.1, -0.05) is 84.9 Å². The Balaban J connectivity index is 1.17. The molecule has 5 atom stereocenters. The molecule has 0 spiro atoms. The van der Waals surface area contributed by atoms with Crippen molar-refractivity contribution < 1.29 is 29.3 Å². The Labute approximate surface area is 264 Å². The van der Waals surface area contributed by atoms with Gasteiger partial charge in [-0.25, -0.2) is 4.79 Å². The van der Waals surface area contributed by atoms with Gasteiger partial charge in [0.15, 0.2) is 0 Å². The monoisotopic (exact) mass is 613 g/mol. The number of likely N-dealkylation sites (tertiary alicyclic amines) is 1. The molecule has 2 saturated heterocycles. The lowest BCUT2D eigenvalue weighted by Gasteiger charge is -2.45. The molecule has 0 saturated carbocycles. The second-order valence-electron chi connectivity index (χ2n) is 12.6. The van der Waals surface area contributed by atoms with Crippen LogP contribution >= 0.6 is 0 Å². The van der Waals surface area contributed by atoms with Crippen LogP contribution in [0.3, 0.4) is 0 Å². The van der Waals surface area contributed by atoms with Crippen LogP contribution in [-0.2, 0) is 33.5 Å². The van der Waals surface area contributed by atoms with Crippen LogP contribution in [0.25, 0.3) is 0 Å². The maximum absolute atomic E-state index is 14.0. The average Bonchev–Trinajstić information content (AvgIpc) is 3.68. The molecule has 4 N–H and O–H groups in total. The number of hydrogen-bond donors (Lipinski definition) is 4. The number of piperidine rings is 1. The quantitative estimate of drug-likeness (QED) is 0.277. The van der Waals surface area contributed by atoms with Crippen LogP contribution in [0.4, 0.5) is 4.79 Å². The molecular weight excluding hydrogens is 570 g/mol. The largest absolute Gasteiger partial charge is 0.444 e. The van der Waals surface area contributed by atoms with Crippen molar-refractivity contribution in [2.45, 2.75) is 74.5 Å². The minimum absolute atomic E-state index is 0.147. The van der Waals surface area contributed by atoms with Gasteiger partial charge in [-0.05, 0) is 47.9 Å². The third-order valence-electron chi connectivity index (χ3n) is 9.57. The van der Waals surface area contributed by atoms with Gasteiger partial charge < -0.3 is 30.3 Å². The van der Waals surface area contributed by atoms with E-state index >= 15 is 0 Å². The van der Waals surface area contributed by atoms with Crippen molar-refractivity contribution in [3.8, 4) is 0 Å². The van der Waals surface area contributed by atoms with Crippen LogP contribution in [0, 0.1) is 0 Å². The number of alkyl carbamates (subject to hydrolysis) is 1. The predicted octanol–water partition coefficient (Wildman–Crippen LogP) is 3.33. The van der Waals surface area contributed by atoms with E-state index in [1.165, 1.54) is 0 Å². The van der Waals surface area contributed by atoms with Crippen LogP contribution in [0.15, 0.2) is 84.9 Å². The van der Waals surface area contributed by atoms with Crippen molar-refractivity contribution >= 4 is 12.0 Å². The lowest BCUT2D eigenvalue weighted by Crippen LogP contribution is -2.61. The maximum atomic E-state index is 14.0. The first-order chi connectivity index (χ1) is 21.9. The molecule has 2 aliphatic heterocycles. The average molecular weight is 614 g/mol. The van der Waals surface area contributed by atoms with Crippen LogP contribution in [0.1, 0.15) is 47.6 Å². The predicted molar refractivity (Wildman–Crippen MR) is 170 cm³/mol. The molecule has 0 radical (unpaired) electrons. The van der Waals surface area contributed by atoms with E-state index in [-0.39, 0.29) is 12.0 Å². The zero-order chi connectivity index (χ0) is 31.2. The summed E-state index contributed by atoms with van der Waals surface area (Å²) in [6, 6.07) is 26.0. The highest BCUT2D eigenvalue weighted by atomic mass is 16.6. The molecule has 6 rings (SSSR count). The zero-order valence-corrected chi connectivity index (χ0v) is 25.5. The van der Waals surface area contributed by atoms with E-state index in [2.05, 4.69) is 15.5 Å². The minimum atomic E-state index is -1.20. The fourth-order valence-electron chi connectivity index (χ4n) is 6.95. The molecule has 238 valence electrons. The Hall–Kier alpha value is -3.76. The molecule has 2 heterocycles. The van der Waals surface area contributed by atoms with Gasteiger partial charge in [0.2, 0.25) is 5.91 Å². The Bertz CT molecular complexity index is 1420. The van der Waals surface area contributed by atoms with Crippen molar-refractivity contribution in [2.24, 2.45) is 0 Å². The summed E-state index contributed by atoms with van der Waals surface area (Å²) < 4.78 is 10.9. The standard InChI is InChI=1S/C36H43N3O6/c40-31-23-27-13-7-8-14-29(27)33(31)38-34(41)30(21-25-9-3-1-4-10-25)39-18-16-36(43,17-19-39)32(22-26-11-5-2-6-12-26)37-35(42)45-28-15-20-44-24-28/h1-14,28,30-33,40,43H,15-24H2,(H,37,42)(H,38,41)/t28-,30-,31+,32-,33-/m0/s1. The summed E-state index contributed by atoms with van der Waals surface area (Å²) >= 11 is 0. The number of aliphatic hydroxyl groups excluding tert-OH is 1. The Morgan fingerprint density at radius 3 is 2.24 bits per heavy atom. The van der Waals surface area contributed by atoms with Crippen LogP contribution in [0.5, 0.6) is 0 Å². The van der Waals surface area contributed by atoms with Gasteiger partial charge in [0.25, 0.3) is 0 Å². The second kappa shape index (κ2) is 14.1. The van der Waals surface area contributed by atoms with Crippen LogP contribution in [0.2, 0.25) is 0 Å². The third kappa shape index (κ3) is 7.56. The fraction of sp³-hybridized carbons (Fsp3) is 0.444. The number of rotatable bonds is 10. The summed E-state index contributed by atoms with van der Waals surface area (Å²) in [6.07, 6.45) is 1.31.